The molecule has 0 fully saturated rings. The van der Waals surface area contributed by atoms with Crippen molar-refractivity contribution in [2.75, 3.05) is 7.05 Å². The Labute approximate surface area is 77.6 Å². The average Bonchev–Trinajstić information content (AvgIpc) is 2.32. The highest BCUT2D eigenvalue weighted by atomic mass is 35.5. The van der Waals surface area contributed by atoms with Crippen LogP contribution < -0.4 is 5.32 Å². The van der Waals surface area contributed by atoms with Crippen molar-refractivity contribution in [3.63, 3.8) is 0 Å². The normalized spacial score (nSPS) is 8.75. The third-order valence-electron chi connectivity index (χ3n) is 1.40. The van der Waals surface area contributed by atoms with Gasteiger partial charge in [0.15, 0.2) is 0 Å². The standard InChI is InChI=1S/C7H10N4.ClH/c1-9-5-6-3-7(4-8)11(2)10-6;/h3,9H,5H2,1-2H3;1H. The molecule has 0 aliphatic rings. The van der Waals surface area contributed by atoms with Gasteiger partial charge in [-0.2, -0.15) is 10.4 Å². The average molecular weight is 187 g/mol. The number of hydrogen-bond acceptors (Lipinski definition) is 3. The molecule has 1 heterocycles. The summed E-state index contributed by atoms with van der Waals surface area (Å²) in [5.74, 6) is 0. The Morgan fingerprint density at radius 2 is 2.42 bits per heavy atom. The summed E-state index contributed by atoms with van der Waals surface area (Å²) >= 11 is 0. The molecule has 0 spiro atoms. The zero-order valence-corrected chi connectivity index (χ0v) is 7.85. The molecule has 1 aromatic heterocycles. The Balaban J connectivity index is 0.00000121. The van der Waals surface area contributed by atoms with E-state index in [-0.39, 0.29) is 12.4 Å². The van der Waals surface area contributed by atoms with Crippen LogP contribution in [0.1, 0.15) is 11.4 Å². The van der Waals surface area contributed by atoms with Crippen LogP contribution >= 0.6 is 12.4 Å². The molecule has 1 rings (SSSR count). The Bertz CT molecular complexity index is 286. The molecule has 0 bridgehead atoms. The molecule has 0 saturated heterocycles. The van der Waals surface area contributed by atoms with Gasteiger partial charge >= 0.3 is 0 Å². The van der Waals surface area contributed by atoms with Crippen molar-refractivity contribution in [1.82, 2.24) is 15.1 Å². The van der Waals surface area contributed by atoms with E-state index in [1.807, 2.05) is 13.1 Å². The SMILES string of the molecule is CNCc1cc(C#N)n(C)n1.Cl. The lowest BCUT2D eigenvalue weighted by Crippen LogP contribution is -2.05. The first kappa shape index (κ1) is 11.0. The monoisotopic (exact) mass is 186 g/mol. The molecule has 66 valence electrons. The van der Waals surface area contributed by atoms with Gasteiger partial charge in [0.25, 0.3) is 0 Å². The smallest absolute Gasteiger partial charge is 0.138 e. The quantitative estimate of drug-likeness (QED) is 0.729. The molecular formula is C7H11ClN4. The summed E-state index contributed by atoms with van der Waals surface area (Å²) in [4.78, 5) is 0. The van der Waals surface area contributed by atoms with Crippen molar-refractivity contribution < 1.29 is 0 Å². The number of nitrogens with zero attached hydrogens (tertiary/aromatic N) is 3. The van der Waals surface area contributed by atoms with Crippen molar-refractivity contribution in [1.29, 1.82) is 5.26 Å². The van der Waals surface area contributed by atoms with Gasteiger partial charge in [0, 0.05) is 13.6 Å². The van der Waals surface area contributed by atoms with E-state index in [4.69, 9.17) is 5.26 Å². The Morgan fingerprint density at radius 3 is 2.83 bits per heavy atom. The van der Waals surface area contributed by atoms with Crippen LogP contribution in [0.3, 0.4) is 0 Å². The summed E-state index contributed by atoms with van der Waals surface area (Å²) in [6, 6.07) is 3.82. The molecule has 0 unspecified atom stereocenters. The number of aryl methyl sites for hydroxylation is 1. The summed E-state index contributed by atoms with van der Waals surface area (Å²) < 4.78 is 1.58. The number of halogens is 1. The first-order valence-electron chi connectivity index (χ1n) is 3.35. The first-order chi connectivity index (χ1) is 5.27. The van der Waals surface area contributed by atoms with Crippen molar-refractivity contribution in [3.05, 3.63) is 17.5 Å². The second-order valence-corrected chi connectivity index (χ2v) is 2.29. The van der Waals surface area contributed by atoms with Crippen LogP contribution in [0.4, 0.5) is 0 Å². The molecule has 5 heteroatoms. The minimum absolute atomic E-state index is 0. The van der Waals surface area contributed by atoms with Crippen LogP contribution in [0.5, 0.6) is 0 Å². The maximum atomic E-state index is 8.57. The maximum Gasteiger partial charge on any atom is 0.138 e. The van der Waals surface area contributed by atoms with Crippen LogP contribution in [0.2, 0.25) is 0 Å². The number of aromatic nitrogens is 2. The molecule has 0 amide bonds. The van der Waals surface area contributed by atoms with Crippen molar-refractivity contribution in [2.45, 2.75) is 6.54 Å². The topological polar surface area (TPSA) is 53.6 Å². The van der Waals surface area contributed by atoms with Crippen LogP contribution in [-0.2, 0) is 13.6 Å². The molecular weight excluding hydrogens is 176 g/mol. The van der Waals surface area contributed by atoms with Crippen LogP contribution in [0.15, 0.2) is 6.07 Å². The van der Waals surface area contributed by atoms with Crippen molar-refractivity contribution in [3.8, 4) is 6.07 Å². The highest BCUT2D eigenvalue weighted by Crippen LogP contribution is 1.99. The number of hydrogen-bond donors (Lipinski definition) is 1. The van der Waals surface area contributed by atoms with E-state index in [2.05, 4.69) is 10.4 Å². The second-order valence-electron chi connectivity index (χ2n) is 2.29. The van der Waals surface area contributed by atoms with Crippen LogP contribution in [0, 0.1) is 11.3 Å². The van der Waals surface area contributed by atoms with Gasteiger partial charge in [-0.1, -0.05) is 0 Å². The van der Waals surface area contributed by atoms with E-state index in [1.54, 1.807) is 17.8 Å². The molecule has 1 aromatic rings. The van der Waals surface area contributed by atoms with Crippen LogP contribution in [-0.4, -0.2) is 16.8 Å². The van der Waals surface area contributed by atoms with Gasteiger partial charge in [0.05, 0.1) is 5.69 Å². The van der Waals surface area contributed by atoms with Gasteiger partial charge in [0.2, 0.25) is 0 Å². The summed E-state index contributed by atoms with van der Waals surface area (Å²) in [5.41, 5.74) is 1.49. The minimum Gasteiger partial charge on any atom is -0.314 e. The summed E-state index contributed by atoms with van der Waals surface area (Å²) in [6.07, 6.45) is 0. The van der Waals surface area contributed by atoms with Crippen LogP contribution in [0.25, 0.3) is 0 Å². The maximum absolute atomic E-state index is 8.57. The Hall–Kier alpha value is -1.05. The van der Waals surface area contributed by atoms with Gasteiger partial charge in [-0.15, -0.1) is 12.4 Å². The third kappa shape index (κ3) is 2.22. The summed E-state index contributed by atoms with van der Waals surface area (Å²) in [6.45, 7) is 0.704. The van der Waals surface area contributed by atoms with E-state index < -0.39 is 0 Å². The molecule has 0 aromatic carbocycles. The van der Waals surface area contributed by atoms with E-state index in [0.29, 0.717) is 12.2 Å². The fraction of sp³-hybridized carbons (Fsp3) is 0.429. The molecule has 1 N–H and O–H groups in total. The Morgan fingerprint density at radius 1 is 1.75 bits per heavy atom. The van der Waals surface area contributed by atoms with Gasteiger partial charge in [-0.25, -0.2) is 0 Å². The van der Waals surface area contributed by atoms with E-state index >= 15 is 0 Å². The lowest BCUT2D eigenvalue weighted by molar-refractivity contribution is 0.706. The fourth-order valence-electron chi connectivity index (χ4n) is 0.899. The predicted molar refractivity (Wildman–Crippen MR) is 47.9 cm³/mol. The van der Waals surface area contributed by atoms with Gasteiger partial charge in [-0.05, 0) is 13.1 Å². The van der Waals surface area contributed by atoms with E-state index in [1.165, 1.54) is 0 Å². The number of nitriles is 1. The van der Waals surface area contributed by atoms with Gasteiger partial charge in [0.1, 0.15) is 11.8 Å². The lowest BCUT2D eigenvalue weighted by atomic mass is 10.4. The second kappa shape index (κ2) is 4.75. The van der Waals surface area contributed by atoms with Gasteiger partial charge in [-0.3, -0.25) is 4.68 Å². The lowest BCUT2D eigenvalue weighted by Gasteiger charge is -1.90. The third-order valence-corrected chi connectivity index (χ3v) is 1.40. The number of rotatable bonds is 2. The molecule has 12 heavy (non-hydrogen) atoms. The zero-order chi connectivity index (χ0) is 8.27. The van der Waals surface area contributed by atoms with Crippen molar-refractivity contribution in [2.24, 2.45) is 7.05 Å². The van der Waals surface area contributed by atoms with E-state index in [9.17, 15) is 0 Å². The zero-order valence-electron chi connectivity index (χ0n) is 7.03. The molecule has 0 atom stereocenters. The molecule has 0 saturated carbocycles. The highest BCUT2D eigenvalue weighted by Gasteiger charge is 2.01. The summed E-state index contributed by atoms with van der Waals surface area (Å²) in [7, 11) is 3.61. The van der Waals surface area contributed by atoms with Gasteiger partial charge < -0.3 is 5.32 Å². The predicted octanol–water partition coefficient (Wildman–Crippen LogP) is 0.433. The molecule has 0 aliphatic carbocycles. The Kier molecular flexibility index (Phi) is 4.34. The van der Waals surface area contributed by atoms with E-state index in [0.717, 1.165) is 5.69 Å². The fourth-order valence-corrected chi connectivity index (χ4v) is 0.899. The summed E-state index contributed by atoms with van der Waals surface area (Å²) in [5, 5.41) is 15.6. The molecule has 0 radical (unpaired) electrons. The minimum atomic E-state index is 0. The molecule has 4 nitrogen and oxygen atoms in total. The molecule has 0 aliphatic heterocycles. The number of nitrogens with one attached hydrogen (secondary N) is 1. The van der Waals surface area contributed by atoms with Crippen molar-refractivity contribution >= 4 is 12.4 Å². The highest BCUT2D eigenvalue weighted by molar-refractivity contribution is 5.85. The first-order valence-corrected chi connectivity index (χ1v) is 3.35. The largest absolute Gasteiger partial charge is 0.314 e.